The summed E-state index contributed by atoms with van der Waals surface area (Å²) in [5.74, 6) is -5.86. The zero-order valence-electron chi connectivity index (χ0n) is 30.2. The number of ether oxygens (including phenoxy) is 1. The molecule has 3 heterocycles. The molecule has 0 radical (unpaired) electrons. The summed E-state index contributed by atoms with van der Waals surface area (Å²) in [7, 11) is -6.19. The lowest BCUT2D eigenvalue weighted by Gasteiger charge is -2.49. The fraction of sp³-hybridized carbons (Fsp3) is 0.412. The maximum atomic E-state index is 16.9. The van der Waals surface area contributed by atoms with Gasteiger partial charge in [0.2, 0.25) is 10.9 Å². The number of esters is 1. The molecule has 8 nitrogen and oxygen atoms in total. The van der Waals surface area contributed by atoms with E-state index in [4.69, 9.17) is 31.3 Å². The van der Waals surface area contributed by atoms with Crippen LogP contribution in [0.1, 0.15) is 72.6 Å². The highest BCUT2D eigenvalue weighted by atomic mass is 33.9. The summed E-state index contributed by atoms with van der Waals surface area (Å²) in [5.41, 5.74) is -6.05. The molecule has 0 saturated heterocycles. The normalized spacial score (nSPS) is 19.5. The molecule has 1 spiro atoms. The molecule has 1 atom stereocenters. The van der Waals surface area contributed by atoms with Crippen molar-refractivity contribution in [3.63, 3.8) is 0 Å². The van der Waals surface area contributed by atoms with Gasteiger partial charge in [-0.25, -0.2) is 13.6 Å². The molecule has 0 N–H and O–H groups in total. The molecule has 0 fully saturated rings. The molecule has 0 aliphatic carbocycles. The number of rotatable bonds is 12. The largest absolute Gasteiger partial charge is 0.534 e. The van der Waals surface area contributed by atoms with E-state index in [2.05, 4.69) is 9.08 Å². The van der Waals surface area contributed by atoms with Crippen molar-refractivity contribution in [3.8, 4) is 5.75 Å². The number of carbonyl (C=O) groups is 2. The number of aryl methyl sites for hydroxylation is 1. The maximum absolute atomic E-state index is 16.9. The minimum atomic E-state index is -6.47. The molecule has 3 aliphatic heterocycles. The molecule has 1 unspecified atom stereocenters. The van der Waals surface area contributed by atoms with Gasteiger partial charge in [0.15, 0.2) is 17.2 Å². The molecule has 3 aromatic rings. The first kappa shape index (κ1) is 43.9. The lowest BCUT2D eigenvalue weighted by molar-refractivity contribution is -0.111. The van der Waals surface area contributed by atoms with Crippen LogP contribution in [0, 0.1) is 11.6 Å². The highest BCUT2D eigenvalue weighted by Gasteiger charge is 2.59. The van der Waals surface area contributed by atoms with Crippen LogP contribution in [0.15, 0.2) is 42.5 Å². The van der Waals surface area contributed by atoms with Gasteiger partial charge < -0.3 is 18.0 Å². The number of hydrogen-bond donors (Lipinski definition) is 0. The lowest BCUT2D eigenvalue weighted by Crippen LogP contribution is -2.65. The summed E-state index contributed by atoms with van der Waals surface area (Å²) in [6, 6.07) is 10.8. The van der Waals surface area contributed by atoms with Crippen LogP contribution in [0.25, 0.3) is 0 Å². The van der Waals surface area contributed by atoms with Crippen LogP contribution in [0.4, 0.5) is 27.6 Å². The van der Waals surface area contributed by atoms with Gasteiger partial charge in [-0.1, -0.05) is 31.3 Å². The van der Waals surface area contributed by atoms with Crippen molar-refractivity contribution in [1.82, 2.24) is 0 Å². The summed E-state index contributed by atoms with van der Waals surface area (Å²) in [5, 5.41) is 0.0426. The van der Waals surface area contributed by atoms with E-state index < -0.39 is 64.4 Å². The van der Waals surface area contributed by atoms with Gasteiger partial charge in [-0.2, -0.15) is 21.6 Å². The molecule has 0 bridgehead atoms. The summed E-state index contributed by atoms with van der Waals surface area (Å²) in [6.45, 7) is 10.3. The Bertz CT molecular complexity index is 2340. The van der Waals surface area contributed by atoms with Crippen LogP contribution in [0.2, 0.25) is 13.1 Å². The van der Waals surface area contributed by atoms with E-state index in [1.54, 1.807) is 31.3 Å². The molecule has 0 aromatic heterocycles. The van der Waals surface area contributed by atoms with E-state index in [1.165, 1.54) is 46.6 Å². The predicted octanol–water partition coefficient (Wildman–Crippen LogP) is 8.25. The molecular weight excluding hydrogens is 914 g/mol. The van der Waals surface area contributed by atoms with Crippen molar-refractivity contribution in [3.05, 3.63) is 81.9 Å². The van der Waals surface area contributed by atoms with Crippen molar-refractivity contribution in [1.29, 1.82) is 0 Å². The topological polar surface area (TPSA) is 99.2 Å². The molecule has 22 heteroatoms. The Morgan fingerprint density at radius 1 is 1.05 bits per heavy atom. The van der Waals surface area contributed by atoms with E-state index in [9.17, 15) is 31.2 Å². The van der Waals surface area contributed by atoms with Gasteiger partial charge in [-0.3, -0.25) is 4.79 Å². The summed E-state index contributed by atoms with van der Waals surface area (Å²) < 4.78 is 113. The second-order valence-corrected chi connectivity index (χ2v) is 33.9. The van der Waals surface area contributed by atoms with E-state index in [0.29, 0.717) is 49.2 Å². The Morgan fingerprint density at radius 2 is 1.75 bits per heavy atom. The molecule has 6 rings (SSSR count). The second-order valence-electron chi connectivity index (χ2n) is 14.2. The van der Waals surface area contributed by atoms with Gasteiger partial charge in [0.25, 0.3) is 0 Å². The second kappa shape index (κ2) is 15.8. The number of nitrogens with zero attached hydrogens (tertiary/aromatic N) is 1. The van der Waals surface area contributed by atoms with Crippen LogP contribution in [0.3, 0.4) is 0 Å². The van der Waals surface area contributed by atoms with Gasteiger partial charge >= 0.3 is 21.6 Å². The van der Waals surface area contributed by atoms with Gasteiger partial charge in [-0.05, 0) is 103 Å². The molecule has 3 aromatic carbocycles. The SMILES string of the molecule is CCOSSSSS(=S)(=S)C(=O)CCCN1c2cc3c(cc2CCC1(C)C)C1(OC(=O)c2ccccc21)c1cc(F)c(OS(=O)(=O)C(F)(F)F)c(F)c1[Si]3(C)C. The van der Waals surface area contributed by atoms with Gasteiger partial charge in [0, 0.05) is 76.5 Å². The lowest BCUT2D eigenvalue weighted by atomic mass is 9.77. The fourth-order valence-electron chi connectivity index (χ4n) is 7.51. The quantitative estimate of drug-likeness (QED) is 0.0255. The van der Waals surface area contributed by atoms with Crippen LogP contribution in [-0.2, 0) is 64.4 Å². The van der Waals surface area contributed by atoms with E-state index >= 15 is 8.78 Å². The smallest absolute Gasteiger partial charge is 0.441 e. The summed E-state index contributed by atoms with van der Waals surface area (Å²) in [4.78, 5) is 28.9. The highest BCUT2D eigenvalue weighted by molar-refractivity contribution is 9.40. The van der Waals surface area contributed by atoms with E-state index in [-0.39, 0.29) is 33.4 Å². The van der Waals surface area contributed by atoms with Crippen molar-refractivity contribution in [2.75, 3.05) is 18.1 Å². The van der Waals surface area contributed by atoms with E-state index in [0.717, 1.165) is 11.3 Å². The standard InChI is InChI=1S/C34H34F5NO7S8Si/c1-6-45-50-51-52-53-54(48,49)27(41)12-9-15-40-25-18-26-22(16-19(25)13-14-32(40,2)3)33(21-11-8-7-10-20(21)31(42)46-33)23-17-24(35)29(28(36)30(23)56(26,4)5)47-55(43,44)34(37,38)39/h7-8,10-11,16-18H,6,9,12-15H2,1-5H3. The van der Waals surface area contributed by atoms with Crippen LogP contribution in [-0.4, -0.2) is 51.8 Å². The number of halogens is 5. The summed E-state index contributed by atoms with van der Waals surface area (Å²) in [6.07, 6.45) is -0.671. The van der Waals surface area contributed by atoms with E-state index in [1.807, 2.05) is 32.9 Å². The van der Waals surface area contributed by atoms with Crippen molar-refractivity contribution in [2.45, 2.75) is 76.2 Å². The average Bonchev–Trinajstić information content (AvgIpc) is 3.41. The Labute approximate surface area is 346 Å². The van der Waals surface area contributed by atoms with Gasteiger partial charge in [0.05, 0.1) is 23.2 Å². The Hall–Kier alpha value is -1.63. The molecule has 304 valence electrons. The minimum absolute atomic E-state index is 0.126. The Kier molecular flexibility index (Phi) is 12.4. The zero-order valence-corrected chi connectivity index (χ0v) is 37.8. The molecule has 56 heavy (non-hydrogen) atoms. The molecule has 0 saturated carbocycles. The summed E-state index contributed by atoms with van der Waals surface area (Å²) >= 11 is 12.3. The number of alkyl halides is 3. The number of benzene rings is 3. The highest BCUT2D eigenvalue weighted by Crippen LogP contribution is 2.52. The Balaban J connectivity index is 1.46. The predicted molar refractivity (Wildman–Crippen MR) is 225 cm³/mol. The van der Waals surface area contributed by atoms with Crippen LogP contribution >= 0.6 is 40.6 Å². The van der Waals surface area contributed by atoms with Crippen molar-refractivity contribution < 1.29 is 53.1 Å². The average molecular weight is 948 g/mol. The van der Waals surface area contributed by atoms with Gasteiger partial charge in [-0.15, -0.1) is 0 Å². The Morgan fingerprint density at radius 3 is 2.43 bits per heavy atom. The fourth-order valence-corrected chi connectivity index (χ4v) is 24.5. The minimum Gasteiger partial charge on any atom is -0.441 e. The number of fused-ring (bicyclic) bond motifs is 7. The maximum Gasteiger partial charge on any atom is 0.534 e. The zero-order chi connectivity index (χ0) is 41.2. The first-order valence-electron chi connectivity index (χ1n) is 16.9. The van der Waals surface area contributed by atoms with Gasteiger partial charge in [0.1, 0.15) is 8.07 Å². The molecule has 0 amide bonds. The van der Waals surface area contributed by atoms with Crippen LogP contribution < -0.4 is 19.5 Å². The number of carbonyl (C=O) groups excluding carboxylic acids is 2. The van der Waals surface area contributed by atoms with Crippen LogP contribution in [0.5, 0.6) is 5.75 Å². The molecular formula is C34H34F5NO7S8Si. The van der Waals surface area contributed by atoms with Crippen molar-refractivity contribution >= 4 is 114 Å². The third-order valence-corrected chi connectivity index (χ3v) is 28.1. The molecule has 3 aliphatic rings. The third kappa shape index (κ3) is 7.65. The first-order valence-corrected chi connectivity index (χ1v) is 30.1. The van der Waals surface area contributed by atoms with Crippen molar-refractivity contribution in [2.24, 2.45) is 0 Å². The monoisotopic (exact) mass is 947 g/mol. The number of hydrogen-bond acceptors (Lipinski definition) is 14. The third-order valence-electron chi connectivity index (χ3n) is 10.1. The first-order chi connectivity index (χ1) is 26.0. The number of anilines is 1.